The largest absolute Gasteiger partial charge is 0.356 e. The van der Waals surface area contributed by atoms with Crippen LogP contribution in [0, 0.1) is 12.8 Å². The normalized spacial score (nSPS) is 10.8. The zero-order chi connectivity index (χ0) is 12.7. The van der Waals surface area contributed by atoms with Crippen LogP contribution in [0.2, 0.25) is 0 Å². The summed E-state index contributed by atoms with van der Waals surface area (Å²) in [5, 5.41) is 6.09. The third kappa shape index (κ3) is 5.49. The monoisotopic (exact) mass is 238 g/mol. The lowest BCUT2D eigenvalue weighted by molar-refractivity contribution is -0.121. The second-order valence-corrected chi connectivity index (χ2v) is 4.60. The van der Waals surface area contributed by atoms with Crippen LogP contribution < -0.4 is 10.6 Å². The summed E-state index contributed by atoms with van der Waals surface area (Å²) in [7, 11) is 0. The predicted molar refractivity (Wildman–Crippen MR) is 67.5 cm³/mol. The van der Waals surface area contributed by atoms with Gasteiger partial charge in [0.15, 0.2) is 0 Å². The molecular weight excluding hydrogens is 216 g/mol. The molecule has 1 aromatic rings. The van der Waals surface area contributed by atoms with E-state index in [2.05, 4.69) is 34.4 Å². The minimum absolute atomic E-state index is 0.102. The summed E-state index contributed by atoms with van der Waals surface area (Å²) in [6.07, 6.45) is 2.19. The van der Waals surface area contributed by atoms with Crippen LogP contribution in [0.15, 0.2) is 6.33 Å². The highest BCUT2D eigenvalue weighted by atomic mass is 16.1. The molecule has 1 aromatic heterocycles. The van der Waals surface area contributed by atoms with E-state index in [4.69, 9.17) is 0 Å². The molecule has 0 aliphatic rings. The van der Waals surface area contributed by atoms with Gasteiger partial charge in [-0.15, -0.1) is 0 Å². The van der Waals surface area contributed by atoms with Crippen molar-refractivity contribution in [3.8, 4) is 0 Å². The minimum atomic E-state index is 0.102. The molecule has 5 heteroatoms. The van der Waals surface area contributed by atoms with E-state index >= 15 is 0 Å². The topological polar surface area (TPSA) is 69.8 Å². The molecule has 0 spiro atoms. The van der Waals surface area contributed by atoms with Crippen LogP contribution in [-0.2, 0) is 11.3 Å². The van der Waals surface area contributed by atoms with Gasteiger partial charge in [0.2, 0.25) is 5.91 Å². The molecule has 96 valence electrons. The SMILES string of the molecule is Cc1[nH]cnc1CNCCC(=O)NCC(C)C. The van der Waals surface area contributed by atoms with Crippen molar-refractivity contribution < 1.29 is 4.79 Å². The third-order valence-corrected chi connectivity index (χ3v) is 2.46. The second-order valence-electron chi connectivity index (χ2n) is 4.60. The summed E-state index contributed by atoms with van der Waals surface area (Å²) in [6.45, 7) is 8.28. The molecule has 0 bridgehead atoms. The average Bonchev–Trinajstić information content (AvgIpc) is 2.68. The van der Waals surface area contributed by atoms with E-state index in [-0.39, 0.29) is 5.91 Å². The first kappa shape index (κ1) is 13.7. The number of aromatic amines is 1. The summed E-state index contributed by atoms with van der Waals surface area (Å²) >= 11 is 0. The van der Waals surface area contributed by atoms with Crippen molar-refractivity contribution >= 4 is 5.91 Å². The van der Waals surface area contributed by atoms with Gasteiger partial charge in [-0.1, -0.05) is 13.8 Å². The molecule has 0 saturated heterocycles. The van der Waals surface area contributed by atoms with Gasteiger partial charge in [0, 0.05) is 31.7 Å². The number of nitrogens with zero attached hydrogens (tertiary/aromatic N) is 1. The number of carbonyl (C=O) groups excluding carboxylic acids is 1. The zero-order valence-electron chi connectivity index (χ0n) is 10.8. The standard InChI is InChI=1S/C12H22N4O/c1-9(2)6-14-12(17)4-5-13-7-11-10(3)15-8-16-11/h8-9,13H,4-7H2,1-3H3,(H,14,17)(H,15,16). The average molecular weight is 238 g/mol. The predicted octanol–water partition coefficient (Wildman–Crippen LogP) is 0.970. The molecule has 1 amide bonds. The van der Waals surface area contributed by atoms with Crippen LogP contribution in [0.25, 0.3) is 0 Å². The summed E-state index contributed by atoms with van der Waals surface area (Å²) < 4.78 is 0. The Morgan fingerprint density at radius 2 is 2.29 bits per heavy atom. The summed E-state index contributed by atoms with van der Waals surface area (Å²) in [5.74, 6) is 0.601. The lowest BCUT2D eigenvalue weighted by Crippen LogP contribution is -2.30. The Kier molecular flexibility index (Phi) is 5.69. The van der Waals surface area contributed by atoms with Crippen molar-refractivity contribution in [3.05, 3.63) is 17.7 Å². The molecule has 0 saturated carbocycles. The van der Waals surface area contributed by atoms with Gasteiger partial charge >= 0.3 is 0 Å². The molecule has 0 aliphatic heterocycles. The Morgan fingerprint density at radius 3 is 2.88 bits per heavy atom. The van der Waals surface area contributed by atoms with E-state index in [1.807, 2.05) is 6.92 Å². The van der Waals surface area contributed by atoms with Gasteiger partial charge in [-0.05, 0) is 12.8 Å². The van der Waals surface area contributed by atoms with Gasteiger partial charge in [0.05, 0.1) is 12.0 Å². The second kappa shape index (κ2) is 7.06. The Balaban J connectivity index is 2.08. The Hall–Kier alpha value is -1.36. The number of nitrogens with one attached hydrogen (secondary N) is 3. The number of rotatable bonds is 7. The Labute approximate surface area is 102 Å². The lowest BCUT2D eigenvalue weighted by atomic mass is 10.2. The molecule has 1 heterocycles. The zero-order valence-corrected chi connectivity index (χ0v) is 10.8. The van der Waals surface area contributed by atoms with Crippen LogP contribution in [0.1, 0.15) is 31.7 Å². The van der Waals surface area contributed by atoms with Crippen LogP contribution in [0.3, 0.4) is 0 Å². The molecule has 0 radical (unpaired) electrons. The highest BCUT2D eigenvalue weighted by Crippen LogP contribution is 1.98. The quantitative estimate of drug-likeness (QED) is 0.620. The van der Waals surface area contributed by atoms with Crippen LogP contribution in [-0.4, -0.2) is 29.0 Å². The number of aromatic nitrogens is 2. The van der Waals surface area contributed by atoms with E-state index in [0.29, 0.717) is 25.4 Å². The molecule has 0 aliphatic carbocycles. The Bertz CT molecular complexity index is 346. The van der Waals surface area contributed by atoms with Crippen molar-refractivity contribution in [1.82, 2.24) is 20.6 Å². The maximum Gasteiger partial charge on any atom is 0.221 e. The molecule has 5 nitrogen and oxygen atoms in total. The minimum Gasteiger partial charge on any atom is -0.356 e. The van der Waals surface area contributed by atoms with E-state index in [1.165, 1.54) is 0 Å². The van der Waals surface area contributed by atoms with Crippen molar-refractivity contribution in [2.75, 3.05) is 13.1 Å². The molecule has 0 aromatic carbocycles. The highest BCUT2D eigenvalue weighted by molar-refractivity contribution is 5.76. The number of H-pyrrole nitrogens is 1. The highest BCUT2D eigenvalue weighted by Gasteiger charge is 2.03. The number of imidazole rings is 1. The van der Waals surface area contributed by atoms with Crippen LogP contribution in [0.4, 0.5) is 0 Å². The first-order valence-electron chi connectivity index (χ1n) is 6.06. The van der Waals surface area contributed by atoms with Crippen molar-refractivity contribution in [2.24, 2.45) is 5.92 Å². The first-order chi connectivity index (χ1) is 8.09. The van der Waals surface area contributed by atoms with Gasteiger partial charge in [-0.25, -0.2) is 4.98 Å². The molecule has 0 unspecified atom stereocenters. The molecule has 3 N–H and O–H groups in total. The van der Waals surface area contributed by atoms with E-state index in [0.717, 1.165) is 17.9 Å². The van der Waals surface area contributed by atoms with Gasteiger partial charge in [-0.3, -0.25) is 4.79 Å². The summed E-state index contributed by atoms with van der Waals surface area (Å²) in [5.41, 5.74) is 2.08. The van der Waals surface area contributed by atoms with E-state index in [9.17, 15) is 4.79 Å². The molecule has 0 fully saturated rings. The fraction of sp³-hybridized carbons (Fsp3) is 0.667. The Morgan fingerprint density at radius 1 is 1.53 bits per heavy atom. The number of carbonyl (C=O) groups is 1. The van der Waals surface area contributed by atoms with E-state index < -0.39 is 0 Å². The molecular formula is C12H22N4O. The van der Waals surface area contributed by atoms with E-state index in [1.54, 1.807) is 6.33 Å². The molecule has 0 atom stereocenters. The fourth-order valence-electron chi connectivity index (χ4n) is 1.38. The van der Waals surface area contributed by atoms with Crippen molar-refractivity contribution in [3.63, 3.8) is 0 Å². The van der Waals surface area contributed by atoms with Crippen LogP contribution in [0.5, 0.6) is 0 Å². The number of amides is 1. The maximum absolute atomic E-state index is 11.4. The summed E-state index contributed by atoms with van der Waals surface area (Å²) in [4.78, 5) is 18.6. The summed E-state index contributed by atoms with van der Waals surface area (Å²) in [6, 6.07) is 0. The fourth-order valence-corrected chi connectivity index (χ4v) is 1.38. The van der Waals surface area contributed by atoms with Gasteiger partial charge in [0.1, 0.15) is 0 Å². The van der Waals surface area contributed by atoms with Gasteiger partial charge in [0.25, 0.3) is 0 Å². The van der Waals surface area contributed by atoms with Gasteiger partial charge in [-0.2, -0.15) is 0 Å². The number of aryl methyl sites for hydroxylation is 1. The lowest BCUT2D eigenvalue weighted by Gasteiger charge is -2.07. The number of hydrogen-bond acceptors (Lipinski definition) is 3. The smallest absolute Gasteiger partial charge is 0.221 e. The molecule has 17 heavy (non-hydrogen) atoms. The van der Waals surface area contributed by atoms with Crippen LogP contribution >= 0.6 is 0 Å². The first-order valence-corrected chi connectivity index (χ1v) is 6.06. The third-order valence-electron chi connectivity index (χ3n) is 2.46. The maximum atomic E-state index is 11.4. The van der Waals surface area contributed by atoms with Crippen molar-refractivity contribution in [2.45, 2.75) is 33.7 Å². The van der Waals surface area contributed by atoms with Gasteiger partial charge < -0.3 is 15.6 Å². The molecule has 1 rings (SSSR count). The number of hydrogen-bond donors (Lipinski definition) is 3. The van der Waals surface area contributed by atoms with Crippen molar-refractivity contribution in [1.29, 1.82) is 0 Å².